The summed E-state index contributed by atoms with van der Waals surface area (Å²) in [4.78, 5) is 26.9. The number of likely N-dealkylation sites (tertiary alicyclic amines) is 1. The highest BCUT2D eigenvalue weighted by atomic mass is 16.6. The van der Waals surface area contributed by atoms with Crippen LogP contribution >= 0.6 is 0 Å². The van der Waals surface area contributed by atoms with Gasteiger partial charge in [-0.05, 0) is 39.7 Å². The average molecular weight is 268 g/mol. The van der Waals surface area contributed by atoms with E-state index in [2.05, 4.69) is 6.58 Å². The Balaban J connectivity index is 2.62. The number of likely N-dealkylation sites (N-methyl/N-ethyl adjacent to an activating group) is 1. The van der Waals surface area contributed by atoms with Gasteiger partial charge < -0.3 is 14.5 Å². The van der Waals surface area contributed by atoms with E-state index >= 15 is 0 Å². The minimum atomic E-state index is -0.493. The maximum Gasteiger partial charge on any atom is 0.410 e. The van der Waals surface area contributed by atoms with Crippen LogP contribution in [0.3, 0.4) is 0 Å². The largest absolute Gasteiger partial charge is 0.444 e. The second-order valence-electron chi connectivity index (χ2n) is 5.88. The van der Waals surface area contributed by atoms with Gasteiger partial charge in [-0.15, -0.1) is 0 Å². The summed E-state index contributed by atoms with van der Waals surface area (Å²) < 4.78 is 5.36. The first kappa shape index (κ1) is 15.5. The summed E-state index contributed by atoms with van der Waals surface area (Å²) in [6.07, 6.45) is 2.76. The van der Waals surface area contributed by atoms with E-state index in [9.17, 15) is 9.59 Å². The van der Waals surface area contributed by atoms with Crippen LogP contribution < -0.4 is 0 Å². The lowest BCUT2D eigenvalue weighted by molar-refractivity contribution is -0.127. The number of ether oxygens (including phenoxy) is 1. The number of nitrogens with zero attached hydrogens (tertiary/aromatic N) is 2. The topological polar surface area (TPSA) is 49.9 Å². The van der Waals surface area contributed by atoms with Gasteiger partial charge in [0.1, 0.15) is 5.60 Å². The zero-order chi connectivity index (χ0) is 14.6. The van der Waals surface area contributed by atoms with Crippen molar-refractivity contribution >= 4 is 12.0 Å². The fraction of sp³-hybridized carbons (Fsp3) is 0.714. The highest BCUT2D eigenvalue weighted by Gasteiger charge is 2.30. The molecule has 1 saturated heterocycles. The molecule has 0 aliphatic carbocycles. The van der Waals surface area contributed by atoms with Crippen molar-refractivity contribution < 1.29 is 14.3 Å². The summed E-state index contributed by atoms with van der Waals surface area (Å²) in [5.74, 6) is -0.115. The molecule has 0 unspecified atom stereocenters. The number of piperidine rings is 1. The van der Waals surface area contributed by atoms with Crippen molar-refractivity contribution in [2.45, 2.75) is 45.3 Å². The Bertz CT molecular complexity index is 360. The molecule has 0 spiro atoms. The molecule has 0 aromatic heterocycles. The first-order valence-corrected chi connectivity index (χ1v) is 6.61. The van der Waals surface area contributed by atoms with E-state index in [1.165, 1.54) is 6.08 Å². The fourth-order valence-corrected chi connectivity index (χ4v) is 2.09. The molecule has 1 atom stereocenters. The molecule has 5 nitrogen and oxygen atoms in total. The third-order valence-electron chi connectivity index (χ3n) is 3.12. The van der Waals surface area contributed by atoms with Gasteiger partial charge in [0, 0.05) is 26.2 Å². The van der Waals surface area contributed by atoms with Crippen molar-refractivity contribution in [1.29, 1.82) is 0 Å². The molecule has 0 saturated carbocycles. The first-order chi connectivity index (χ1) is 8.74. The third kappa shape index (κ3) is 4.58. The van der Waals surface area contributed by atoms with E-state index in [1.54, 1.807) is 16.8 Å². The Kier molecular flexibility index (Phi) is 4.97. The first-order valence-electron chi connectivity index (χ1n) is 6.61. The molecular formula is C14H24N2O3. The van der Waals surface area contributed by atoms with Gasteiger partial charge in [-0.2, -0.15) is 0 Å². The Hall–Kier alpha value is -1.52. The van der Waals surface area contributed by atoms with Crippen LogP contribution in [0.4, 0.5) is 4.79 Å². The second-order valence-corrected chi connectivity index (χ2v) is 5.88. The van der Waals surface area contributed by atoms with Crippen molar-refractivity contribution in [3.8, 4) is 0 Å². The van der Waals surface area contributed by atoms with Crippen molar-refractivity contribution in [1.82, 2.24) is 9.80 Å². The summed E-state index contributed by atoms with van der Waals surface area (Å²) in [7, 11) is 1.74. The van der Waals surface area contributed by atoms with Crippen LogP contribution in [-0.2, 0) is 9.53 Å². The highest BCUT2D eigenvalue weighted by molar-refractivity contribution is 5.87. The zero-order valence-electron chi connectivity index (χ0n) is 12.3. The quantitative estimate of drug-likeness (QED) is 0.720. The summed E-state index contributed by atoms with van der Waals surface area (Å²) in [5.41, 5.74) is -0.493. The van der Waals surface area contributed by atoms with Gasteiger partial charge in [-0.1, -0.05) is 6.58 Å². The van der Waals surface area contributed by atoms with Crippen LogP contribution in [0.1, 0.15) is 33.6 Å². The minimum Gasteiger partial charge on any atom is -0.444 e. The maximum absolute atomic E-state index is 12.0. The maximum atomic E-state index is 12.0. The summed E-state index contributed by atoms with van der Waals surface area (Å²) in [6, 6.07) is 0.0340. The van der Waals surface area contributed by atoms with E-state index in [-0.39, 0.29) is 18.0 Å². The molecule has 108 valence electrons. The van der Waals surface area contributed by atoms with Crippen molar-refractivity contribution in [3.63, 3.8) is 0 Å². The monoisotopic (exact) mass is 268 g/mol. The van der Waals surface area contributed by atoms with Gasteiger partial charge in [0.05, 0.1) is 0 Å². The Morgan fingerprint density at radius 2 is 2.05 bits per heavy atom. The van der Waals surface area contributed by atoms with Crippen molar-refractivity contribution in [2.75, 3.05) is 20.1 Å². The number of carbonyl (C=O) groups excluding carboxylic acids is 2. The van der Waals surface area contributed by atoms with Gasteiger partial charge in [-0.3, -0.25) is 4.79 Å². The molecule has 1 rings (SSSR count). The van der Waals surface area contributed by atoms with Crippen LogP contribution in [0.5, 0.6) is 0 Å². The summed E-state index contributed by atoms with van der Waals surface area (Å²) in [6.45, 7) is 10.2. The van der Waals surface area contributed by atoms with E-state index in [0.717, 1.165) is 12.8 Å². The molecule has 1 heterocycles. The van der Waals surface area contributed by atoms with Crippen LogP contribution in [0.2, 0.25) is 0 Å². The smallest absolute Gasteiger partial charge is 0.410 e. The predicted molar refractivity (Wildman–Crippen MR) is 73.8 cm³/mol. The number of rotatable bonds is 2. The Morgan fingerprint density at radius 1 is 1.42 bits per heavy atom. The van der Waals surface area contributed by atoms with Crippen LogP contribution in [0.15, 0.2) is 12.7 Å². The van der Waals surface area contributed by atoms with Crippen LogP contribution in [0.25, 0.3) is 0 Å². The molecule has 19 heavy (non-hydrogen) atoms. The average Bonchev–Trinajstić information content (AvgIpc) is 2.35. The van der Waals surface area contributed by atoms with E-state index in [1.807, 2.05) is 20.8 Å². The molecule has 2 amide bonds. The molecule has 1 aliphatic heterocycles. The Labute approximate surface area is 115 Å². The molecule has 0 bridgehead atoms. The molecule has 0 radical (unpaired) electrons. The van der Waals surface area contributed by atoms with Crippen molar-refractivity contribution in [2.24, 2.45) is 0 Å². The normalized spacial score (nSPS) is 19.8. The lowest BCUT2D eigenvalue weighted by atomic mass is 10.0. The van der Waals surface area contributed by atoms with Crippen LogP contribution in [0, 0.1) is 0 Å². The molecule has 0 aromatic rings. The number of hydrogen-bond donors (Lipinski definition) is 0. The summed E-state index contributed by atoms with van der Waals surface area (Å²) >= 11 is 0. The molecular weight excluding hydrogens is 244 g/mol. The number of carbonyl (C=O) groups is 2. The van der Waals surface area contributed by atoms with Crippen molar-refractivity contribution in [3.05, 3.63) is 12.7 Å². The predicted octanol–water partition coefficient (Wildman–Crippen LogP) is 2.03. The van der Waals surface area contributed by atoms with E-state index in [0.29, 0.717) is 13.1 Å². The molecule has 5 heteroatoms. The minimum absolute atomic E-state index is 0.0340. The fourth-order valence-electron chi connectivity index (χ4n) is 2.09. The SMILES string of the molecule is C=CC(=O)N(C)[C@H]1CCCN(C(=O)OC(C)(C)C)C1. The number of amides is 2. The van der Waals surface area contributed by atoms with Gasteiger partial charge >= 0.3 is 6.09 Å². The van der Waals surface area contributed by atoms with E-state index in [4.69, 9.17) is 4.74 Å². The van der Waals surface area contributed by atoms with E-state index < -0.39 is 5.60 Å². The highest BCUT2D eigenvalue weighted by Crippen LogP contribution is 2.18. The lowest BCUT2D eigenvalue weighted by Gasteiger charge is -2.37. The van der Waals surface area contributed by atoms with Gasteiger partial charge in [0.25, 0.3) is 0 Å². The Morgan fingerprint density at radius 3 is 2.58 bits per heavy atom. The molecule has 0 N–H and O–H groups in total. The standard InChI is InChI=1S/C14H24N2O3/c1-6-12(17)15(5)11-8-7-9-16(10-11)13(18)19-14(2,3)4/h6,11H,1,7-10H2,2-5H3/t11-/m0/s1. The summed E-state index contributed by atoms with van der Waals surface area (Å²) in [5, 5.41) is 0. The molecule has 1 fully saturated rings. The van der Waals surface area contributed by atoms with Gasteiger partial charge in [0.2, 0.25) is 5.91 Å². The molecule has 0 aromatic carbocycles. The lowest BCUT2D eigenvalue weighted by Crippen LogP contribution is -2.51. The molecule has 1 aliphatic rings. The zero-order valence-corrected chi connectivity index (χ0v) is 12.3. The third-order valence-corrected chi connectivity index (χ3v) is 3.12. The van der Waals surface area contributed by atoms with Gasteiger partial charge in [-0.25, -0.2) is 4.79 Å². The van der Waals surface area contributed by atoms with Gasteiger partial charge in [0.15, 0.2) is 0 Å². The van der Waals surface area contributed by atoms with Crippen LogP contribution in [-0.4, -0.2) is 53.6 Å². The number of hydrogen-bond acceptors (Lipinski definition) is 3. The second kappa shape index (κ2) is 6.08.